The number of nitrogens with zero attached hydrogens (tertiary/aromatic N) is 3. The minimum absolute atomic E-state index is 0.0244. The summed E-state index contributed by atoms with van der Waals surface area (Å²) in [6.45, 7) is -0.00256. The lowest BCUT2D eigenvalue weighted by atomic mass is 10.2. The molecular weight excluding hydrogens is 361 g/mol. The third kappa shape index (κ3) is 4.57. The molecular formula is C13H13Cl2N5O4. The number of aliphatic hydroxyl groups is 1. The first-order valence-electron chi connectivity index (χ1n) is 6.71. The van der Waals surface area contributed by atoms with Gasteiger partial charge in [-0.05, 0) is 0 Å². The molecule has 1 aromatic heterocycles. The van der Waals surface area contributed by atoms with Gasteiger partial charge in [0.15, 0.2) is 0 Å². The van der Waals surface area contributed by atoms with E-state index in [9.17, 15) is 14.9 Å². The molecule has 0 fully saturated rings. The lowest BCUT2D eigenvalue weighted by molar-refractivity contribution is -0.384. The zero-order valence-electron chi connectivity index (χ0n) is 12.2. The molecule has 0 saturated carbocycles. The number of anilines is 2. The highest BCUT2D eigenvalue weighted by Crippen LogP contribution is 2.36. The number of carbonyl (C=O) groups excluding carboxylic acids is 1. The van der Waals surface area contributed by atoms with Gasteiger partial charge in [-0.25, -0.2) is 0 Å². The zero-order chi connectivity index (χ0) is 17.7. The molecule has 0 saturated heterocycles. The van der Waals surface area contributed by atoms with Gasteiger partial charge < -0.3 is 15.7 Å². The number of nitrogens with one attached hydrogen (secondary N) is 2. The van der Waals surface area contributed by atoms with E-state index in [0.29, 0.717) is 11.4 Å². The van der Waals surface area contributed by atoms with E-state index < -0.39 is 4.92 Å². The fourth-order valence-electron chi connectivity index (χ4n) is 1.84. The quantitative estimate of drug-likeness (QED) is 0.503. The molecule has 9 nitrogen and oxygen atoms in total. The molecule has 0 spiro atoms. The monoisotopic (exact) mass is 373 g/mol. The molecule has 2 rings (SSSR count). The summed E-state index contributed by atoms with van der Waals surface area (Å²) in [5, 5.41) is 29.0. The Hall–Kier alpha value is -2.36. The number of halogens is 2. The number of rotatable bonds is 7. The highest BCUT2D eigenvalue weighted by Gasteiger charge is 2.15. The van der Waals surface area contributed by atoms with Crippen LogP contribution in [0.4, 0.5) is 17.1 Å². The number of non-ortho nitro benzene ring substituents is 1. The normalized spacial score (nSPS) is 10.5. The molecule has 0 atom stereocenters. The molecule has 1 amide bonds. The van der Waals surface area contributed by atoms with E-state index in [-0.39, 0.29) is 41.3 Å². The van der Waals surface area contributed by atoms with Crippen molar-refractivity contribution in [1.82, 2.24) is 15.1 Å². The maximum absolute atomic E-state index is 11.5. The second-order valence-electron chi connectivity index (χ2n) is 4.67. The van der Waals surface area contributed by atoms with Gasteiger partial charge in [-0.15, -0.1) is 0 Å². The average molecular weight is 374 g/mol. The Balaban J connectivity index is 2.10. The molecule has 0 radical (unpaired) electrons. The largest absolute Gasteiger partial charge is 0.395 e. The minimum Gasteiger partial charge on any atom is -0.395 e. The number of aromatic nitrogens is 2. The molecule has 0 unspecified atom stereocenters. The number of amides is 1. The van der Waals surface area contributed by atoms with Crippen LogP contribution in [0, 0.1) is 10.1 Å². The average Bonchev–Trinajstić information content (AvgIpc) is 2.95. The van der Waals surface area contributed by atoms with Crippen LogP contribution in [0.15, 0.2) is 24.5 Å². The van der Waals surface area contributed by atoms with Crippen LogP contribution in [0.1, 0.15) is 0 Å². The van der Waals surface area contributed by atoms with Crippen molar-refractivity contribution in [3.8, 4) is 0 Å². The van der Waals surface area contributed by atoms with Crippen molar-refractivity contribution < 1.29 is 14.8 Å². The van der Waals surface area contributed by atoms with Crippen LogP contribution < -0.4 is 10.6 Å². The second kappa shape index (κ2) is 7.95. The molecule has 0 aliphatic rings. The Bertz CT molecular complexity index is 742. The number of aliphatic hydroxyl groups excluding tert-OH is 1. The number of carbonyl (C=O) groups is 1. The maximum atomic E-state index is 11.5. The van der Waals surface area contributed by atoms with Crippen LogP contribution in [0.25, 0.3) is 0 Å². The third-order valence-corrected chi connectivity index (χ3v) is 3.48. The lowest BCUT2D eigenvalue weighted by Gasteiger charge is -2.08. The van der Waals surface area contributed by atoms with Crippen molar-refractivity contribution in [3.63, 3.8) is 0 Å². The van der Waals surface area contributed by atoms with E-state index >= 15 is 0 Å². The van der Waals surface area contributed by atoms with Crippen LogP contribution >= 0.6 is 23.2 Å². The molecule has 0 bridgehead atoms. The van der Waals surface area contributed by atoms with E-state index in [4.69, 9.17) is 28.3 Å². The number of benzene rings is 1. The Morgan fingerprint density at radius 2 is 2.04 bits per heavy atom. The second-order valence-corrected chi connectivity index (χ2v) is 5.48. The summed E-state index contributed by atoms with van der Waals surface area (Å²) in [6.07, 6.45) is 3.00. The molecule has 3 N–H and O–H groups in total. The van der Waals surface area contributed by atoms with Gasteiger partial charge in [-0.3, -0.25) is 19.6 Å². The SMILES string of the molecule is O=C(Cn1cc(Nc2c(Cl)cc([N+](=O)[O-])cc2Cl)cn1)NCCO. The maximum Gasteiger partial charge on any atom is 0.272 e. The van der Waals surface area contributed by atoms with Crippen molar-refractivity contribution in [2.75, 3.05) is 18.5 Å². The summed E-state index contributed by atoms with van der Waals surface area (Å²) in [4.78, 5) is 21.7. The Kier molecular flexibility index (Phi) is 5.96. The van der Waals surface area contributed by atoms with Crippen molar-refractivity contribution in [2.45, 2.75) is 6.54 Å². The van der Waals surface area contributed by atoms with Crippen molar-refractivity contribution in [1.29, 1.82) is 0 Å². The topological polar surface area (TPSA) is 122 Å². The predicted octanol–water partition coefficient (Wildman–Crippen LogP) is 1.95. The van der Waals surface area contributed by atoms with Gasteiger partial charge in [0.05, 0.1) is 39.1 Å². The van der Waals surface area contributed by atoms with Gasteiger partial charge in [-0.1, -0.05) is 23.2 Å². The molecule has 0 aliphatic heterocycles. The Morgan fingerprint density at radius 1 is 1.38 bits per heavy atom. The molecule has 128 valence electrons. The minimum atomic E-state index is -0.593. The van der Waals surface area contributed by atoms with E-state index in [0.717, 1.165) is 0 Å². The molecule has 24 heavy (non-hydrogen) atoms. The molecule has 1 heterocycles. The van der Waals surface area contributed by atoms with Crippen molar-refractivity contribution in [2.24, 2.45) is 0 Å². The highest BCUT2D eigenvalue weighted by atomic mass is 35.5. The van der Waals surface area contributed by atoms with Crippen LogP contribution in [0.3, 0.4) is 0 Å². The van der Waals surface area contributed by atoms with E-state index in [1.54, 1.807) is 6.20 Å². The fourth-order valence-corrected chi connectivity index (χ4v) is 2.41. The van der Waals surface area contributed by atoms with E-state index in [1.165, 1.54) is 23.0 Å². The van der Waals surface area contributed by atoms with Crippen LogP contribution in [-0.2, 0) is 11.3 Å². The van der Waals surface area contributed by atoms with E-state index in [2.05, 4.69) is 15.7 Å². The first-order valence-corrected chi connectivity index (χ1v) is 7.46. The number of nitro benzene ring substituents is 1. The predicted molar refractivity (Wildman–Crippen MR) is 88.7 cm³/mol. The Morgan fingerprint density at radius 3 is 2.62 bits per heavy atom. The fraction of sp³-hybridized carbons (Fsp3) is 0.231. The highest BCUT2D eigenvalue weighted by molar-refractivity contribution is 6.39. The summed E-state index contributed by atoms with van der Waals surface area (Å²) in [6, 6.07) is 2.37. The van der Waals surface area contributed by atoms with E-state index in [1.807, 2.05) is 0 Å². The molecule has 0 aliphatic carbocycles. The first kappa shape index (κ1) is 18.0. The van der Waals surface area contributed by atoms with Crippen LogP contribution in [0.5, 0.6) is 0 Å². The van der Waals surface area contributed by atoms with Gasteiger partial charge in [-0.2, -0.15) is 5.10 Å². The summed E-state index contributed by atoms with van der Waals surface area (Å²) >= 11 is 12.0. The van der Waals surface area contributed by atoms with Crippen LogP contribution in [0.2, 0.25) is 10.0 Å². The van der Waals surface area contributed by atoms with Crippen molar-refractivity contribution >= 4 is 46.2 Å². The number of hydrogen-bond donors (Lipinski definition) is 3. The molecule has 11 heteroatoms. The van der Waals surface area contributed by atoms with Gasteiger partial charge in [0.25, 0.3) is 5.69 Å². The van der Waals surface area contributed by atoms with Gasteiger partial charge >= 0.3 is 0 Å². The molecule has 2 aromatic rings. The lowest BCUT2D eigenvalue weighted by Crippen LogP contribution is -2.30. The number of nitro groups is 1. The first-order chi connectivity index (χ1) is 11.4. The summed E-state index contributed by atoms with van der Waals surface area (Å²) < 4.78 is 1.38. The smallest absolute Gasteiger partial charge is 0.272 e. The Labute approximate surface area is 146 Å². The summed E-state index contributed by atoms with van der Waals surface area (Å²) in [5.41, 5.74) is 0.586. The summed E-state index contributed by atoms with van der Waals surface area (Å²) in [5.74, 6) is -0.301. The standard InChI is InChI=1S/C13H13Cl2N5O4/c14-10-3-9(20(23)24)4-11(15)13(10)18-8-5-17-19(6-8)7-12(22)16-1-2-21/h3-6,18,21H,1-2,7H2,(H,16,22). The zero-order valence-corrected chi connectivity index (χ0v) is 13.7. The third-order valence-electron chi connectivity index (χ3n) is 2.88. The van der Waals surface area contributed by atoms with Crippen LogP contribution in [-0.4, -0.2) is 38.9 Å². The van der Waals surface area contributed by atoms with Gasteiger partial charge in [0, 0.05) is 24.9 Å². The van der Waals surface area contributed by atoms with Crippen molar-refractivity contribution in [3.05, 3.63) is 44.7 Å². The summed E-state index contributed by atoms with van der Waals surface area (Å²) in [7, 11) is 0. The van der Waals surface area contributed by atoms with Gasteiger partial charge in [0.2, 0.25) is 5.91 Å². The molecule has 1 aromatic carbocycles. The number of hydrogen-bond acceptors (Lipinski definition) is 6. The van der Waals surface area contributed by atoms with Gasteiger partial charge in [0.1, 0.15) is 6.54 Å².